The number of amides is 1. The Morgan fingerprint density at radius 2 is 1.76 bits per heavy atom. The summed E-state index contributed by atoms with van der Waals surface area (Å²) in [5.74, 6) is -1.28. The Hall–Kier alpha value is -1.92. The van der Waals surface area contributed by atoms with Crippen molar-refractivity contribution in [3.05, 3.63) is 70.5 Å². The number of carbonyl (C=O) groups is 1. The van der Waals surface area contributed by atoms with Crippen molar-refractivity contribution in [3.63, 3.8) is 0 Å². The highest BCUT2D eigenvalue weighted by atomic mass is 35.5. The van der Waals surface area contributed by atoms with Gasteiger partial charge in [0.2, 0.25) is 0 Å². The molecule has 1 amide bonds. The molecule has 25 heavy (non-hydrogen) atoms. The van der Waals surface area contributed by atoms with Crippen molar-refractivity contribution in [3.8, 4) is 0 Å². The van der Waals surface area contributed by atoms with Crippen LogP contribution in [0.1, 0.15) is 27.6 Å². The van der Waals surface area contributed by atoms with Crippen LogP contribution in [-0.4, -0.2) is 38.1 Å². The summed E-state index contributed by atoms with van der Waals surface area (Å²) < 4.78 is 39.2. The fraction of sp³-hybridized carbons (Fsp3) is 0.278. The van der Waals surface area contributed by atoms with Gasteiger partial charge in [-0.25, -0.2) is 12.8 Å². The average molecular weight is 382 g/mol. The topological polar surface area (TPSA) is 54.5 Å². The molecule has 2 aromatic rings. The molecule has 0 bridgehead atoms. The van der Waals surface area contributed by atoms with E-state index in [-0.39, 0.29) is 30.8 Å². The second-order valence-electron chi connectivity index (χ2n) is 5.94. The Bertz CT molecular complexity index is 901. The highest BCUT2D eigenvalue weighted by Gasteiger charge is 2.34. The molecule has 3 rings (SSSR count). The minimum Gasteiger partial charge on any atom is -0.337 e. The number of nitrogens with zero attached hydrogens (tertiary/aromatic N) is 1. The van der Waals surface area contributed by atoms with E-state index in [1.807, 2.05) is 0 Å². The second-order valence-corrected chi connectivity index (χ2v) is 8.65. The number of sulfone groups is 1. The Morgan fingerprint density at radius 1 is 1.08 bits per heavy atom. The van der Waals surface area contributed by atoms with Crippen LogP contribution in [0, 0.1) is 5.82 Å². The van der Waals surface area contributed by atoms with Crippen LogP contribution in [-0.2, 0) is 9.84 Å². The average Bonchev–Trinajstić information content (AvgIpc) is 2.74. The van der Waals surface area contributed by atoms with Crippen LogP contribution in [0.5, 0.6) is 0 Å². The molecule has 0 saturated carbocycles. The van der Waals surface area contributed by atoms with E-state index in [4.69, 9.17) is 11.6 Å². The first kappa shape index (κ1) is 17.9. The van der Waals surface area contributed by atoms with E-state index in [9.17, 15) is 17.6 Å². The molecule has 1 fully saturated rings. The Morgan fingerprint density at radius 3 is 2.48 bits per heavy atom. The zero-order valence-electron chi connectivity index (χ0n) is 13.4. The van der Waals surface area contributed by atoms with Crippen LogP contribution in [0.25, 0.3) is 0 Å². The van der Waals surface area contributed by atoms with Gasteiger partial charge in [-0.3, -0.25) is 4.79 Å². The van der Waals surface area contributed by atoms with Gasteiger partial charge in [0.05, 0.1) is 16.6 Å². The molecular formula is C18H17ClFNO3S. The number of hydrogen-bond donors (Lipinski definition) is 0. The summed E-state index contributed by atoms with van der Waals surface area (Å²) in [7, 11) is -3.47. The molecule has 0 aromatic heterocycles. The predicted molar refractivity (Wildman–Crippen MR) is 94.9 cm³/mol. The lowest BCUT2D eigenvalue weighted by Gasteiger charge is -2.20. The third kappa shape index (κ3) is 3.70. The molecule has 0 N–H and O–H groups in total. The number of hydrogen-bond acceptors (Lipinski definition) is 3. The molecule has 132 valence electrons. The molecule has 1 heterocycles. The molecule has 0 radical (unpaired) electrons. The van der Waals surface area contributed by atoms with Gasteiger partial charge in [-0.05, 0) is 30.2 Å². The van der Waals surface area contributed by atoms with E-state index < -0.39 is 26.8 Å². The Labute approximate surface area is 151 Å². The van der Waals surface area contributed by atoms with Crippen molar-refractivity contribution in [2.45, 2.75) is 11.7 Å². The summed E-state index contributed by atoms with van der Waals surface area (Å²) in [5.41, 5.74) is 0.500. The lowest BCUT2D eigenvalue weighted by Crippen LogP contribution is -2.34. The maximum Gasteiger partial charge on any atom is 0.256 e. The number of halogens is 2. The van der Waals surface area contributed by atoms with Gasteiger partial charge in [0.25, 0.3) is 5.91 Å². The molecular weight excluding hydrogens is 365 g/mol. The van der Waals surface area contributed by atoms with Gasteiger partial charge in [-0.15, -0.1) is 0 Å². The van der Waals surface area contributed by atoms with Crippen molar-refractivity contribution >= 4 is 27.3 Å². The van der Waals surface area contributed by atoms with Crippen LogP contribution in [0.3, 0.4) is 0 Å². The molecule has 1 unspecified atom stereocenters. The molecule has 1 saturated heterocycles. The monoisotopic (exact) mass is 381 g/mol. The minimum atomic E-state index is -3.47. The molecule has 1 aliphatic rings. The lowest BCUT2D eigenvalue weighted by atomic mass is 10.1. The van der Waals surface area contributed by atoms with Crippen molar-refractivity contribution in [2.75, 3.05) is 18.8 Å². The summed E-state index contributed by atoms with van der Waals surface area (Å²) in [6.07, 6.45) is 0.228. The Balaban J connectivity index is 1.87. The fourth-order valence-corrected chi connectivity index (χ4v) is 5.19. The van der Waals surface area contributed by atoms with Crippen molar-refractivity contribution < 1.29 is 17.6 Å². The normalized spacial score (nSPS) is 20.1. The van der Waals surface area contributed by atoms with E-state index in [0.29, 0.717) is 10.6 Å². The van der Waals surface area contributed by atoms with Gasteiger partial charge in [-0.1, -0.05) is 41.9 Å². The fourth-order valence-electron chi connectivity index (χ4n) is 3.04. The molecule has 1 aliphatic heterocycles. The third-order valence-corrected chi connectivity index (χ3v) is 6.84. The van der Waals surface area contributed by atoms with Gasteiger partial charge in [0.15, 0.2) is 9.84 Å². The largest absolute Gasteiger partial charge is 0.337 e. The van der Waals surface area contributed by atoms with E-state index in [1.54, 1.807) is 30.3 Å². The first-order valence-electron chi connectivity index (χ1n) is 7.90. The summed E-state index contributed by atoms with van der Waals surface area (Å²) >= 11 is 6.16. The van der Waals surface area contributed by atoms with Crippen LogP contribution in [0.2, 0.25) is 5.02 Å². The Kier molecular flexibility index (Phi) is 5.11. The van der Waals surface area contributed by atoms with Crippen LogP contribution in [0.4, 0.5) is 4.39 Å². The molecule has 4 nitrogen and oxygen atoms in total. The molecule has 0 spiro atoms. The van der Waals surface area contributed by atoms with Gasteiger partial charge in [0.1, 0.15) is 5.82 Å². The van der Waals surface area contributed by atoms with Gasteiger partial charge in [0, 0.05) is 18.1 Å². The SMILES string of the molecule is O=C(c1ccccc1F)N1CCC(c2ccccc2Cl)S(=O)(=O)CC1. The first-order valence-corrected chi connectivity index (χ1v) is 9.99. The molecule has 1 atom stereocenters. The zero-order valence-corrected chi connectivity index (χ0v) is 14.9. The predicted octanol–water partition coefficient (Wildman–Crippen LogP) is 3.48. The lowest BCUT2D eigenvalue weighted by molar-refractivity contribution is 0.0762. The summed E-state index contributed by atoms with van der Waals surface area (Å²) in [5, 5.41) is -0.371. The standard InChI is InChI=1S/C18H17ClFNO3S/c19-15-7-3-1-5-13(15)17-9-10-21(11-12-25(17,23)24)18(22)14-6-2-4-8-16(14)20/h1-8,17H,9-12H2. The maximum atomic E-state index is 13.9. The van der Waals surface area contributed by atoms with E-state index >= 15 is 0 Å². The number of benzene rings is 2. The van der Waals surface area contributed by atoms with Crippen molar-refractivity contribution in [1.29, 1.82) is 0 Å². The first-order chi connectivity index (χ1) is 11.9. The summed E-state index contributed by atoms with van der Waals surface area (Å²) in [4.78, 5) is 14.0. The van der Waals surface area contributed by atoms with Crippen LogP contribution in [0.15, 0.2) is 48.5 Å². The minimum absolute atomic E-state index is 0.0381. The van der Waals surface area contributed by atoms with Crippen molar-refractivity contribution in [2.24, 2.45) is 0 Å². The summed E-state index contributed by atoms with van der Waals surface area (Å²) in [6.45, 7) is 0.263. The second kappa shape index (κ2) is 7.14. The third-order valence-electron chi connectivity index (χ3n) is 4.38. The molecule has 0 aliphatic carbocycles. The molecule has 2 aromatic carbocycles. The van der Waals surface area contributed by atoms with Gasteiger partial charge in [-0.2, -0.15) is 0 Å². The van der Waals surface area contributed by atoms with Crippen LogP contribution >= 0.6 is 11.6 Å². The van der Waals surface area contributed by atoms with E-state index in [1.165, 1.54) is 23.1 Å². The zero-order chi connectivity index (χ0) is 18.0. The quantitative estimate of drug-likeness (QED) is 0.800. The van der Waals surface area contributed by atoms with E-state index in [0.717, 1.165) is 0 Å². The van der Waals surface area contributed by atoms with Crippen molar-refractivity contribution in [1.82, 2.24) is 4.90 Å². The number of carbonyl (C=O) groups excluding carboxylic acids is 1. The van der Waals surface area contributed by atoms with Gasteiger partial charge < -0.3 is 4.90 Å². The maximum absolute atomic E-state index is 13.9. The molecule has 7 heteroatoms. The van der Waals surface area contributed by atoms with Crippen LogP contribution < -0.4 is 0 Å². The van der Waals surface area contributed by atoms with Gasteiger partial charge >= 0.3 is 0 Å². The van der Waals surface area contributed by atoms with E-state index in [2.05, 4.69) is 0 Å². The smallest absolute Gasteiger partial charge is 0.256 e. The highest BCUT2D eigenvalue weighted by molar-refractivity contribution is 7.91. The highest BCUT2D eigenvalue weighted by Crippen LogP contribution is 2.34. The number of rotatable bonds is 2. The summed E-state index contributed by atoms with van der Waals surface area (Å²) in [6, 6.07) is 12.5.